The van der Waals surface area contributed by atoms with Crippen molar-refractivity contribution in [1.29, 1.82) is 0 Å². The average molecular weight is 358 g/mol. The Morgan fingerprint density at radius 1 is 1.50 bits per heavy atom. The quantitative estimate of drug-likeness (QED) is 0.459. The number of ether oxygens (including phenoxy) is 2. The van der Waals surface area contributed by atoms with Gasteiger partial charge in [0.2, 0.25) is 5.75 Å². The van der Waals surface area contributed by atoms with Gasteiger partial charge in [-0.15, -0.1) is 0 Å². The van der Waals surface area contributed by atoms with Crippen LogP contribution in [0.2, 0.25) is 0 Å². The molecule has 0 fully saturated rings. The van der Waals surface area contributed by atoms with E-state index in [0.29, 0.717) is 12.1 Å². The molecule has 0 unspecified atom stereocenters. The van der Waals surface area contributed by atoms with E-state index in [0.717, 1.165) is 0 Å². The molecule has 0 saturated heterocycles. The molecule has 10 heteroatoms. The van der Waals surface area contributed by atoms with E-state index >= 15 is 0 Å². The SMILES string of the molecule is CCOC(=O)C(F)(F)Oc1cc(F)c(Br)cc1[N+](=O)[O-]. The number of nitrogens with zero attached hydrogens (tertiary/aromatic N) is 1. The Labute approximate surface area is 118 Å². The summed E-state index contributed by atoms with van der Waals surface area (Å²) in [5, 5.41) is 10.7. The molecule has 110 valence electrons. The summed E-state index contributed by atoms with van der Waals surface area (Å²) in [7, 11) is 0. The fraction of sp³-hybridized carbons (Fsp3) is 0.300. The van der Waals surface area contributed by atoms with Crippen molar-refractivity contribution >= 4 is 27.6 Å². The molecule has 0 aliphatic carbocycles. The summed E-state index contributed by atoms with van der Waals surface area (Å²) < 4.78 is 47.5. The van der Waals surface area contributed by atoms with Crippen molar-refractivity contribution < 1.29 is 32.4 Å². The number of hydrogen-bond donors (Lipinski definition) is 0. The summed E-state index contributed by atoms with van der Waals surface area (Å²) in [5.41, 5.74) is -0.928. The Morgan fingerprint density at radius 2 is 2.10 bits per heavy atom. The van der Waals surface area contributed by atoms with E-state index in [-0.39, 0.29) is 11.1 Å². The second-order valence-corrected chi connectivity index (χ2v) is 4.18. The van der Waals surface area contributed by atoms with E-state index in [4.69, 9.17) is 0 Å². The predicted octanol–water partition coefficient (Wildman–Crippen LogP) is 3.03. The number of rotatable bonds is 5. The molecule has 0 N–H and O–H groups in total. The molecule has 1 aromatic carbocycles. The summed E-state index contributed by atoms with van der Waals surface area (Å²) in [6.45, 7) is 0.949. The second kappa shape index (κ2) is 6.07. The number of esters is 1. The van der Waals surface area contributed by atoms with Gasteiger partial charge in [0.15, 0.2) is 0 Å². The largest absolute Gasteiger partial charge is 0.502 e. The van der Waals surface area contributed by atoms with Crippen LogP contribution in [0.3, 0.4) is 0 Å². The van der Waals surface area contributed by atoms with Crippen molar-refractivity contribution in [2.75, 3.05) is 6.61 Å². The van der Waals surface area contributed by atoms with Crippen molar-refractivity contribution in [3.05, 3.63) is 32.5 Å². The minimum Gasteiger partial charge on any atom is -0.459 e. The topological polar surface area (TPSA) is 78.7 Å². The minimum absolute atomic E-state index is 0.309. The lowest BCUT2D eigenvalue weighted by Gasteiger charge is -2.16. The first-order chi connectivity index (χ1) is 9.19. The van der Waals surface area contributed by atoms with Gasteiger partial charge >= 0.3 is 17.8 Å². The zero-order chi connectivity index (χ0) is 15.5. The molecule has 0 saturated carbocycles. The fourth-order valence-electron chi connectivity index (χ4n) is 1.14. The molecule has 0 bridgehead atoms. The number of carbonyl (C=O) groups is 1. The molecular formula is C10H7BrF3NO5. The maximum absolute atomic E-state index is 13.3. The van der Waals surface area contributed by atoms with Crippen molar-refractivity contribution in [2.24, 2.45) is 0 Å². The normalized spacial score (nSPS) is 11.1. The Balaban J connectivity index is 3.17. The number of nitro benzene ring substituents is 1. The molecule has 6 nitrogen and oxygen atoms in total. The number of halogens is 4. The number of nitro groups is 1. The van der Waals surface area contributed by atoms with E-state index in [1.807, 2.05) is 0 Å². The fourth-order valence-corrected chi connectivity index (χ4v) is 1.47. The van der Waals surface area contributed by atoms with Crippen LogP contribution in [0.25, 0.3) is 0 Å². The standard InChI is InChI=1S/C10H7BrF3NO5/c1-2-19-9(16)10(13,14)20-8-4-6(12)5(11)3-7(8)15(17)18/h3-4H,2H2,1H3. The molecular weight excluding hydrogens is 351 g/mol. The van der Waals surface area contributed by atoms with Crippen LogP contribution in [0.1, 0.15) is 6.92 Å². The number of hydrogen-bond acceptors (Lipinski definition) is 5. The molecule has 20 heavy (non-hydrogen) atoms. The van der Waals surface area contributed by atoms with E-state index in [1.54, 1.807) is 0 Å². The molecule has 1 rings (SSSR count). The predicted molar refractivity (Wildman–Crippen MR) is 63.0 cm³/mol. The summed E-state index contributed by atoms with van der Waals surface area (Å²) >= 11 is 2.67. The van der Waals surface area contributed by atoms with E-state index in [9.17, 15) is 28.1 Å². The van der Waals surface area contributed by atoms with E-state index in [1.165, 1.54) is 6.92 Å². The molecule has 0 radical (unpaired) electrons. The third kappa shape index (κ3) is 3.59. The Hall–Kier alpha value is -1.84. The lowest BCUT2D eigenvalue weighted by atomic mass is 10.3. The van der Waals surface area contributed by atoms with Gasteiger partial charge in [0, 0.05) is 12.1 Å². The van der Waals surface area contributed by atoms with Crippen molar-refractivity contribution in [3.8, 4) is 5.75 Å². The van der Waals surface area contributed by atoms with Gasteiger partial charge < -0.3 is 9.47 Å². The molecule has 0 amide bonds. The van der Waals surface area contributed by atoms with Crippen molar-refractivity contribution in [1.82, 2.24) is 0 Å². The molecule has 0 heterocycles. The Bertz CT molecular complexity index is 552. The number of alkyl halides is 2. The van der Waals surface area contributed by atoms with Gasteiger partial charge in [-0.1, -0.05) is 0 Å². The highest BCUT2D eigenvalue weighted by molar-refractivity contribution is 9.10. The molecule has 0 aliphatic heterocycles. The second-order valence-electron chi connectivity index (χ2n) is 3.33. The highest BCUT2D eigenvalue weighted by atomic mass is 79.9. The first-order valence-corrected chi connectivity index (χ1v) is 5.85. The number of carbonyl (C=O) groups excluding carboxylic acids is 1. The molecule has 0 aliphatic rings. The van der Waals surface area contributed by atoms with Gasteiger partial charge in [-0.2, -0.15) is 8.78 Å². The average Bonchev–Trinajstić information content (AvgIpc) is 2.33. The van der Waals surface area contributed by atoms with Crippen LogP contribution in [0.5, 0.6) is 5.75 Å². The molecule has 0 aromatic heterocycles. The summed E-state index contributed by atoms with van der Waals surface area (Å²) in [5.74, 6) is -4.18. The van der Waals surface area contributed by atoms with Gasteiger partial charge in [0.05, 0.1) is 16.0 Å². The lowest BCUT2D eigenvalue weighted by Crippen LogP contribution is -2.37. The zero-order valence-electron chi connectivity index (χ0n) is 9.86. The third-order valence-corrected chi connectivity index (χ3v) is 2.56. The van der Waals surface area contributed by atoms with Gasteiger partial charge in [-0.3, -0.25) is 10.1 Å². The smallest absolute Gasteiger partial charge is 0.459 e. The van der Waals surface area contributed by atoms with E-state index in [2.05, 4.69) is 25.4 Å². The third-order valence-electron chi connectivity index (χ3n) is 1.95. The van der Waals surface area contributed by atoms with Crippen LogP contribution >= 0.6 is 15.9 Å². The summed E-state index contributed by atoms with van der Waals surface area (Å²) in [6.07, 6.45) is -4.47. The van der Waals surface area contributed by atoms with Gasteiger partial charge in [0.1, 0.15) is 5.82 Å². The van der Waals surface area contributed by atoms with Crippen LogP contribution in [0.15, 0.2) is 16.6 Å². The monoisotopic (exact) mass is 357 g/mol. The summed E-state index contributed by atoms with van der Waals surface area (Å²) in [6, 6.07) is 1.02. The highest BCUT2D eigenvalue weighted by Crippen LogP contribution is 2.35. The Morgan fingerprint density at radius 3 is 2.60 bits per heavy atom. The minimum atomic E-state index is -4.47. The molecule has 0 atom stereocenters. The van der Waals surface area contributed by atoms with Gasteiger partial charge in [0.25, 0.3) is 0 Å². The van der Waals surface area contributed by atoms with Crippen molar-refractivity contribution in [3.63, 3.8) is 0 Å². The maximum Gasteiger partial charge on any atom is 0.502 e. The highest BCUT2D eigenvalue weighted by Gasteiger charge is 2.45. The van der Waals surface area contributed by atoms with Crippen LogP contribution in [-0.4, -0.2) is 23.6 Å². The number of benzene rings is 1. The first-order valence-electron chi connectivity index (χ1n) is 5.06. The molecule has 0 spiro atoms. The van der Waals surface area contributed by atoms with E-state index < -0.39 is 34.3 Å². The Kier molecular flexibility index (Phi) is 4.93. The zero-order valence-corrected chi connectivity index (χ0v) is 11.4. The first kappa shape index (κ1) is 16.2. The van der Waals surface area contributed by atoms with Crippen molar-refractivity contribution in [2.45, 2.75) is 13.0 Å². The van der Waals surface area contributed by atoms with Gasteiger partial charge in [-0.25, -0.2) is 9.18 Å². The van der Waals surface area contributed by atoms with Crippen LogP contribution in [0, 0.1) is 15.9 Å². The van der Waals surface area contributed by atoms with Gasteiger partial charge in [-0.05, 0) is 22.9 Å². The lowest BCUT2D eigenvalue weighted by molar-refractivity contribution is -0.387. The van der Waals surface area contributed by atoms with Crippen LogP contribution in [-0.2, 0) is 9.53 Å². The summed E-state index contributed by atoms with van der Waals surface area (Å²) in [4.78, 5) is 20.6. The van der Waals surface area contributed by atoms with Crippen LogP contribution < -0.4 is 4.74 Å². The maximum atomic E-state index is 13.3. The molecule has 1 aromatic rings. The van der Waals surface area contributed by atoms with Crippen LogP contribution in [0.4, 0.5) is 18.9 Å².